The Morgan fingerprint density at radius 2 is 1.82 bits per heavy atom. The summed E-state index contributed by atoms with van der Waals surface area (Å²) in [6, 6.07) is 9.57. The number of amides is 2. The minimum atomic E-state index is -4.68. The Balaban J connectivity index is 1.12. The molecule has 2 aromatic carbocycles. The summed E-state index contributed by atoms with van der Waals surface area (Å²) in [4.78, 5) is 31.7. The molecule has 268 valence electrons. The molecule has 7 rings (SSSR count). The lowest BCUT2D eigenvalue weighted by Gasteiger charge is -2.34. The number of rotatable bonds is 7. The maximum absolute atomic E-state index is 14.6. The quantitative estimate of drug-likeness (QED) is 0.236. The summed E-state index contributed by atoms with van der Waals surface area (Å²) in [6.07, 6.45) is 0.143. The number of anilines is 1. The highest BCUT2D eigenvalue weighted by Crippen LogP contribution is 2.46. The molecule has 50 heavy (non-hydrogen) atoms. The van der Waals surface area contributed by atoms with E-state index in [0.29, 0.717) is 43.0 Å². The number of hydrogen-bond acceptors (Lipinski definition) is 6. The number of benzene rings is 2. The topological polar surface area (TPSA) is 83.8 Å². The fourth-order valence-electron chi connectivity index (χ4n) is 8.11. The number of ether oxygens (including phenoxy) is 1. The van der Waals surface area contributed by atoms with E-state index in [9.17, 15) is 31.5 Å². The van der Waals surface area contributed by atoms with E-state index in [-0.39, 0.29) is 47.5 Å². The van der Waals surface area contributed by atoms with E-state index in [0.717, 1.165) is 49.1 Å². The first kappa shape index (κ1) is 34.4. The molecular weight excluding hydrogens is 659 g/mol. The van der Waals surface area contributed by atoms with Crippen molar-refractivity contribution in [3.8, 4) is 0 Å². The Morgan fingerprint density at radius 1 is 1.06 bits per heavy atom. The van der Waals surface area contributed by atoms with Gasteiger partial charge in [0.2, 0.25) is 0 Å². The lowest BCUT2D eigenvalue weighted by molar-refractivity contribution is -0.138. The number of fused-ring (bicyclic) bond motifs is 1. The molecule has 0 bridgehead atoms. The molecule has 0 radical (unpaired) electrons. The van der Waals surface area contributed by atoms with Gasteiger partial charge in [0, 0.05) is 48.8 Å². The molecule has 1 spiro atoms. The average molecular weight is 701 g/mol. The largest absolute Gasteiger partial charge is 0.444 e. The first-order valence-corrected chi connectivity index (χ1v) is 17.1. The third-order valence-corrected chi connectivity index (χ3v) is 10.7. The van der Waals surface area contributed by atoms with Gasteiger partial charge in [-0.2, -0.15) is 22.0 Å². The highest BCUT2D eigenvalue weighted by Gasteiger charge is 2.46. The molecule has 3 fully saturated rings. The van der Waals surface area contributed by atoms with Gasteiger partial charge in [0.05, 0.1) is 12.1 Å². The predicted molar refractivity (Wildman–Crippen MR) is 174 cm³/mol. The van der Waals surface area contributed by atoms with Gasteiger partial charge < -0.3 is 14.5 Å². The van der Waals surface area contributed by atoms with Crippen LogP contribution in [0.2, 0.25) is 0 Å². The van der Waals surface area contributed by atoms with Crippen molar-refractivity contribution in [2.24, 2.45) is 11.3 Å². The zero-order valence-corrected chi connectivity index (χ0v) is 28.3. The van der Waals surface area contributed by atoms with Gasteiger partial charge in [-0.05, 0) is 99.9 Å². The normalized spacial score (nSPS) is 22.1. The van der Waals surface area contributed by atoms with Crippen LogP contribution in [-0.4, -0.2) is 68.3 Å². The van der Waals surface area contributed by atoms with E-state index in [2.05, 4.69) is 15.1 Å². The number of hydrogen-bond donors (Lipinski definition) is 0. The molecule has 2 amide bonds. The van der Waals surface area contributed by atoms with Crippen molar-refractivity contribution in [2.75, 3.05) is 31.1 Å². The van der Waals surface area contributed by atoms with Crippen LogP contribution >= 0.6 is 0 Å². The van der Waals surface area contributed by atoms with Crippen molar-refractivity contribution in [3.05, 3.63) is 76.4 Å². The van der Waals surface area contributed by atoms with E-state index in [4.69, 9.17) is 4.74 Å². The van der Waals surface area contributed by atoms with Crippen LogP contribution in [0.1, 0.15) is 104 Å². The van der Waals surface area contributed by atoms with Crippen molar-refractivity contribution >= 4 is 17.7 Å². The third-order valence-electron chi connectivity index (χ3n) is 10.7. The van der Waals surface area contributed by atoms with E-state index in [1.807, 2.05) is 20.8 Å². The van der Waals surface area contributed by atoms with Gasteiger partial charge >= 0.3 is 18.8 Å². The van der Waals surface area contributed by atoms with E-state index in [1.165, 1.54) is 4.90 Å². The van der Waals surface area contributed by atoms with Crippen LogP contribution in [0.4, 0.5) is 32.4 Å². The van der Waals surface area contributed by atoms with Crippen molar-refractivity contribution in [1.29, 1.82) is 0 Å². The third kappa shape index (κ3) is 6.58. The SMILES string of the molecule is CC(C)(C)OC(=O)N1CC[C@]2(CCN(Cc3cc4c(c(C(F)(F)F)c3)CN(c3cccc([C@H](c5nncn5C(F)F)C5CCC5)c3)C4=O)C2)C1. The second-order valence-corrected chi connectivity index (χ2v) is 15.3. The van der Waals surface area contributed by atoms with E-state index < -0.39 is 35.7 Å². The highest BCUT2D eigenvalue weighted by atomic mass is 19.4. The monoisotopic (exact) mass is 700 g/mol. The molecule has 14 heteroatoms. The standard InChI is InChI=1S/C36H41F5N6O3/c1-34(2,3)50-33(49)45-13-11-35(20-45)10-12-44(19-35)17-22-14-26-27(28(15-22)36(39,40)41)18-46(31(26)48)25-9-5-8-24(16-25)29(23-6-4-7-23)30-43-42-21-47(30)32(37)38/h5,8-9,14-16,21,23,29,32H,4,6-7,10-13,17-20H2,1-3H3/t29-,35+/m1/s1. The van der Waals surface area contributed by atoms with Crippen LogP contribution in [0.3, 0.4) is 0 Å². The van der Waals surface area contributed by atoms with Crippen molar-refractivity contribution in [2.45, 2.75) is 90.2 Å². The predicted octanol–water partition coefficient (Wildman–Crippen LogP) is 7.62. The molecule has 2 atom stereocenters. The minimum Gasteiger partial charge on any atom is -0.444 e. The Labute approximate surface area is 287 Å². The Morgan fingerprint density at radius 3 is 2.50 bits per heavy atom. The molecule has 9 nitrogen and oxygen atoms in total. The summed E-state index contributed by atoms with van der Waals surface area (Å²) in [7, 11) is 0. The molecule has 3 aliphatic heterocycles. The average Bonchev–Trinajstić information content (AvgIpc) is 3.81. The van der Waals surface area contributed by atoms with Crippen LogP contribution in [0, 0.1) is 11.3 Å². The molecule has 4 heterocycles. The first-order chi connectivity index (χ1) is 23.6. The van der Waals surface area contributed by atoms with E-state index >= 15 is 0 Å². The Kier molecular flexibility index (Phi) is 8.67. The van der Waals surface area contributed by atoms with Crippen LogP contribution in [-0.2, 0) is 24.0 Å². The molecular formula is C36H41F5N6O3. The summed E-state index contributed by atoms with van der Waals surface area (Å²) < 4.78 is 77.7. The van der Waals surface area contributed by atoms with Crippen LogP contribution < -0.4 is 4.90 Å². The lowest BCUT2D eigenvalue weighted by Crippen LogP contribution is -2.37. The summed E-state index contributed by atoms with van der Waals surface area (Å²) in [5.41, 5.74) is -0.213. The lowest BCUT2D eigenvalue weighted by atomic mass is 9.72. The van der Waals surface area contributed by atoms with Gasteiger partial charge in [0.15, 0.2) is 0 Å². The van der Waals surface area contributed by atoms with Gasteiger partial charge in [-0.25, -0.2) is 4.79 Å². The maximum atomic E-state index is 14.6. The Hall–Kier alpha value is -4.07. The van der Waals surface area contributed by atoms with Crippen molar-refractivity contribution in [1.82, 2.24) is 24.6 Å². The van der Waals surface area contributed by atoms with Gasteiger partial charge in [-0.1, -0.05) is 18.6 Å². The van der Waals surface area contributed by atoms with Gasteiger partial charge in [0.1, 0.15) is 17.8 Å². The van der Waals surface area contributed by atoms with Crippen LogP contribution in [0.25, 0.3) is 0 Å². The minimum absolute atomic E-state index is 0.0130. The molecule has 1 aliphatic carbocycles. The molecule has 3 aromatic rings. The molecule has 0 unspecified atom stereocenters. The molecule has 0 N–H and O–H groups in total. The van der Waals surface area contributed by atoms with Crippen molar-refractivity contribution < 1.29 is 36.3 Å². The number of aromatic nitrogens is 3. The number of carbonyl (C=O) groups is 2. The zero-order valence-electron chi connectivity index (χ0n) is 28.3. The summed E-state index contributed by atoms with van der Waals surface area (Å²) in [5, 5.41) is 7.76. The fourth-order valence-corrected chi connectivity index (χ4v) is 8.11. The second kappa shape index (κ2) is 12.6. The molecule has 4 aliphatic rings. The maximum Gasteiger partial charge on any atom is 0.416 e. The van der Waals surface area contributed by atoms with Crippen LogP contribution in [0.15, 0.2) is 42.7 Å². The number of nitrogens with zero attached hydrogens (tertiary/aromatic N) is 6. The number of alkyl halides is 5. The van der Waals surface area contributed by atoms with Crippen LogP contribution in [0.5, 0.6) is 0 Å². The summed E-state index contributed by atoms with van der Waals surface area (Å²) in [6.45, 7) is 4.99. The molecule has 1 aromatic heterocycles. The smallest absolute Gasteiger partial charge is 0.416 e. The van der Waals surface area contributed by atoms with Gasteiger partial charge in [-0.3, -0.25) is 14.3 Å². The Bertz CT molecular complexity index is 1780. The number of likely N-dealkylation sites (tertiary alicyclic amines) is 2. The second-order valence-electron chi connectivity index (χ2n) is 15.3. The van der Waals surface area contributed by atoms with E-state index in [1.54, 1.807) is 35.2 Å². The highest BCUT2D eigenvalue weighted by molar-refractivity contribution is 6.10. The fraction of sp³-hybridized carbons (Fsp3) is 0.556. The molecule has 1 saturated carbocycles. The first-order valence-electron chi connectivity index (χ1n) is 17.1. The van der Waals surface area contributed by atoms with Gasteiger partial charge in [0.25, 0.3) is 5.91 Å². The molecule has 2 saturated heterocycles. The zero-order chi connectivity index (χ0) is 35.6. The summed E-state index contributed by atoms with van der Waals surface area (Å²) in [5.74, 6) is -0.868. The number of carbonyl (C=O) groups excluding carboxylic acids is 2. The van der Waals surface area contributed by atoms with Gasteiger partial charge in [-0.15, -0.1) is 10.2 Å². The van der Waals surface area contributed by atoms with Crippen molar-refractivity contribution in [3.63, 3.8) is 0 Å². The number of halogens is 5. The summed E-state index contributed by atoms with van der Waals surface area (Å²) >= 11 is 0.